The number of benzene rings is 1. The van der Waals surface area contributed by atoms with Crippen molar-refractivity contribution in [2.24, 2.45) is 0 Å². The second-order valence-corrected chi connectivity index (χ2v) is 6.36. The third kappa shape index (κ3) is 4.23. The van der Waals surface area contributed by atoms with Gasteiger partial charge in [-0.25, -0.2) is 9.37 Å². The maximum atomic E-state index is 13.3. The van der Waals surface area contributed by atoms with Crippen molar-refractivity contribution in [3.63, 3.8) is 0 Å². The third-order valence-electron chi connectivity index (χ3n) is 4.59. The van der Waals surface area contributed by atoms with Gasteiger partial charge in [-0.1, -0.05) is 0 Å². The second kappa shape index (κ2) is 8.41. The second-order valence-electron chi connectivity index (χ2n) is 6.36. The largest absolute Gasteiger partial charge is 0.396 e. The summed E-state index contributed by atoms with van der Waals surface area (Å²) < 4.78 is 19.9. The zero-order chi connectivity index (χ0) is 19.4. The van der Waals surface area contributed by atoms with Gasteiger partial charge in [-0.3, -0.25) is 14.2 Å². The summed E-state index contributed by atoms with van der Waals surface area (Å²) in [5.41, 5.74) is 1.04. The summed E-state index contributed by atoms with van der Waals surface area (Å²) >= 11 is 0. The average Bonchev–Trinajstić information content (AvgIpc) is 2.68. The van der Waals surface area contributed by atoms with E-state index in [2.05, 4.69) is 4.98 Å². The number of nitrogens with zero attached hydrogens (tertiary/aromatic N) is 3. The van der Waals surface area contributed by atoms with Crippen LogP contribution in [0.4, 0.5) is 4.39 Å². The van der Waals surface area contributed by atoms with Crippen molar-refractivity contribution >= 4 is 5.91 Å². The highest BCUT2D eigenvalue weighted by atomic mass is 19.1. The standard InChI is InChI=1S/C19H22FN3O4/c1-13-16(6-9-24)19(26)23(12-17(25)22-7-10-27-11-8-22)18(21-13)14-2-4-15(20)5-3-14/h2-5,24H,6-12H2,1H3. The lowest BCUT2D eigenvalue weighted by molar-refractivity contribution is -0.135. The van der Waals surface area contributed by atoms with Gasteiger partial charge in [-0.15, -0.1) is 0 Å². The van der Waals surface area contributed by atoms with Crippen molar-refractivity contribution in [1.29, 1.82) is 0 Å². The van der Waals surface area contributed by atoms with Crippen LogP contribution in [0.5, 0.6) is 0 Å². The van der Waals surface area contributed by atoms with Crippen molar-refractivity contribution < 1.29 is 19.0 Å². The van der Waals surface area contributed by atoms with E-state index in [1.54, 1.807) is 11.8 Å². The number of aromatic nitrogens is 2. The minimum absolute atomic E-state index is 0.160. The number of carbonyl (C=O) groups is 1. The van der Waals surface area contributed by atoms with Gasteiger partial charge in [0, 0.05) is 42.9 Å². The number of aliphatic hydroxyl groups excluding tert-OH is 1. The van der Waals surface area contributed by atoms with Gasteiger partial charge in [0.2, 0.25) is 5.91 Å². The minimum Gasteiger partial charge on any atom is -0.396 e. The van der Waals surface area contributed by atoms with E-state index in [4.69, 9.17) is 4.74 Å². The Morgan fingerprint density at radius 1 is 1.26 bits per heavy atom. The van der Waals surface area contributed by atoms with Crippen LogP contribution in [0.2, 0.25) is 0 Å². The first-order chi connectivity index (χ1) is 13.0. The van der Waals surface area contributed by atoms with Crippen LogP contribution >= 0.6 is 0 Å². The fraction of sp³-hybridized carbons (Fsp3) is 0.421. The number of halogens is 1. The Balaban J connectivity index is 2.04. The van der Waals surface area contributed by atoms with E-state index >= 15 is 0 Å². The molecule has 144 valence electrons. The number of morpholine rings is 1. The molecule has 0 aliphatic carbocycles. The molecule has 1 saturated heterocycles. The Kier molecular flexibility index (Phi) is 5.98. The van der Waals surface area contributed by atoms with Crippen molar-refractivity contribution in [1.82, 2.24) is 14.5 Å². The molecule has 2 aromatic rings. The molecule has 8 heteroatoms. The first-order valence-electron chi connectivity index (χ1n) is 8.84. The summed E-state index contributed by atoms with van der Waals surface area (Å²) in [7, 11) is 0. The molecule has 1 N–H and O–H groups in total. The smallest absolute Gasteiger partial charge is 0.257 e. The Morgan fingerprint density at radius 2 is 1.93 bits per heavy atom. The Morgan fingerprint density at radius 3 is 2.56 bits per heavy atom. The van der Waals surface area contributed by atoms with Gasteiger partial charge in [-0.2, -0.15) is 0 Å². The van der Waals surface area contributed by atoms with Crippen LogP contribution in [-0.2, 0) is 22.5 Å². The molecule has 1 fully saturated rings. The molecule has 0 unspecified atom stereocenters. The van der Waals surface area contributed by atoms with E-state index in [-0.39, 0.29) is 31.0 Å². The van der Waals surface area contributed by atoms with Crippen molar-refractivity contribution in [2.45, 2.75) is 19.9 Å². The summed E-state index contributed by atoms with van der Waals surface area (Å²) in [6, 6.07) is 5.62. The molecule has 1 amide bonds. The van der Waals surface area contributed by atoms with Gasteiger partial charge in [0.05, 0.1) is 13.2 Å². The number of hydrogen-bond donors (Lipinski definition) is 1. The molecule has 1 aliphatic rings. The van der Waals surface area contributed by atoms with Gasteiger partial charge in [0.25, 0.3) is 5.56 Å². The molecular formula is C19H22FN3O4. The summed E-state index contributed by atoms with van der Waals surface area (Å²) in [5, 5.41) is 9.26. The number of hydrogen-bond acceptors (Lipinski definition) is 5. The number of ether oxygens (including phenoxy) is 1. The molecule has 3 rings (SSSR count). The number of aliphatic hydroxyl groups is 1. The van der Waals surface area contributed by atoms with Crippen LogP contribution in [0.25, 0.3) is 11.4 Å². The van der Waals surface area contributed by atoms with Gasteiger partial charge < -0.3 is 14.7 Å². The monoisotopic (exact) mass is 375 g/mol. The number of amides is 1. The summed E-state index contributed by atoms with van der Waals surface area (Å²) in [5.74, 6) is -0.296. The highest BCUT2D eigenvalue weighted by molar-refractivity contribution is 5.77. The topological polar surface area (TPSA) is 84.7 Å². The van der Waals surface area contributed by atoms with Crippen LogP contribution in [0.15, 0.2) is 29.1 Å². The fourth-order valence-corrected chi connectivity index (χ4v) is 3.11. The van der Waals surface area contributed by atoms with E-state index in [1.807, 2.05) is 0 Å². The van der Waals surface area contributed by atoms with E-state index in [0.29, 0.717) is 48.9 Å². The first-order valence-corrected chi connectivity index (χ1v) is 8.84. The zero-order valence-electron chi connectivity index (χ0n) is 15.2. The molecular weight excluding hydrogens is 353 g/mol. The molecule has 1 aromatic carbocycles. The lowest BCUT2D eigenvalue weighted by Gasteiger charge is -2.27. The van der Waals surface area contributed by atoms with E-state index < -0.39 is 5.82 Å². The molecule has 27 heavy (non-hydrogen) atoms. The van der Waals surface area contributed by atoms with Crippen LogP contribution in [0.1, 0.15) is 11.3 Å². The molecule has 1 aromatic heterocycles. The molecule has 0 atom stereocenters. The summed E-state index contributed by atoms with van der Waals surface area (Å²) in [6.45, 7) is 3.21. The quantitative estimate of drug-likeness (QED) is 0.834. The predicted molar refractivity (Wildman–Crippen MR) is 96.8 cm³/mol. The number of rotatable bonds is 5. The Hall–Kier alpha value is -2.58. The minimum atomic E-state index is -0.398. The van der Waals surface area contributed by atoms with Crippen LogP contribution in [-0.4, -0.2) is 58.4 Å². The van der Waals surface area contributed by atoms with Gasteiger partial charge in [0.15, 0.2) is 0 Å². The average molecular weight is 375 g/mol. The maximum absolute atomic E-state index is 13.3. The molecule has 1 aliphatic heterocycles. The SMILES string of the molecule is Cc1nc(-c2ccc(F)cc2)n(CC(=O)N2CCOCC2)c(=O)c1CCO. The fourth-order valence-electron chi connectivity index (χ4n) is 3.11. The molecule has 0 radical (unpaired) electrons. The van der Waals surface area contributed by atoms with E-state index in [1.165, 1.54) is 28.8 Å². The van der Waals surface area contributed by atoms with Gasteiger partial charge in [0.1, 0.15) is 18.2 Å². The van der Waals surface area contributed by atoms with Crippen LogP contribution in [0, 0.1) is 12.7 Å². The molecule has 7 nitrogen and oxygen atoms in total. The maximum Gasteiger partial charge on any atom is 0.257 e. The Labute approximate surface area is 156 Å². The molecule has 0 saturated carbocycles. The van der Waals surface area contributed by atoms with Crippen LogP contribution in [0.3, 0.4) is 0 Å². The lowest BCUT2D eigenvalue weighted by atomic mass is 10.1. The van der Waals surface area contributed by atoms with Crippen molar-refractivity contribution in [3.8, 4) is 11.4 Å². The van der Waals surface area contributed by atoms with Gasteiger partial charge >= 0.3 is 0 Å². The van der Waals surface area contributed by atoms with E-state index in [0.717, 1.165) is 0 Å². The van der Waals surface area contributed by atoms with Gasteiger partial charge in [-0.05, 0) is 31.2 Å². The Bertz CT molecular complexity index is 874. The molecule has 2 heterocycles. The van der Waals surface area contributed by atoms with Crippen molar-refractivity contribution in [2.75, 3.05) is 32.9 Å². The number of aryl methyl sites for hydroxylation is 1. The number of carbonyl (C=O) groups excluding carboxylic acids is 1. The third-order valence-corrected chi connectivity index (χ3v) is 4.59. The first kappa shape index (κ1) is 19.2. The predicted octanol–water partition coefficient (Wildman–Crippen LogP) is 0.751. The van der Waals surface area contributed by atoms with E-state index in [9.17, 15) is 19.1 Å². The van der Waals surface area contributed by atoms with Crippen LogP contribution < -0.4 is 5.56 Å². The highest BCUT2D eigenvalue weighted by Gasteiger charge is 2.22. The molecule has 0 bridgehead atoms. The van der Waals surface area contributed by atoms with Crippen molar-refractivity contribution in [3.05, 3.63) is 51.7 Å². The molecule has 0 spiro atoms. The zero-order valence-corrected chi connectivity index (χ0v) is 15.2. The lowest BCUT2D eigenvalue weighted by Crippen LogP contribution is -2.44. The summed E-state index contributed by atoms with van der Waals surface area (Å²) in [6.07, 6.45) is 0.160. The normalized spacial score (nSPS) is 14.4. The highest BCUT2D eigenvalue weighted by Crippen LogP contribution is 2.18. The summed E-state index contributed by atoms with van der Waals surface area (Å²) in [4.78, 5) is 31.8.